The van der Waals surface area contributed by atoms with Gasteiger partial charge in [-0.15, -0.1) is 0 Å². The van der Waals surface area contributed by atoms with Crippen molar-refractivity contribution in [2.24, 2.45) is 0 Å². The maximum Gasteiger partial charge on any atom is 0.189 e. The summed E-state index contributed by atoms with van der Waals surface area (Å²) < 4.78 is 30.0. The predicted molar refractivity (Wildman–Crippen MR) is 89.1 cm³/mol. The molecule has 0 fully saturated rings. The number of methoxy groups -OCH3 is 1. The van der Waals surface area contributed by atoms with Gasteiger partial charge in [0.25, 0.3) is 0 Å². The summed E-state index contributed by atoms with van der Waals surface area (Å²) in [5, 5.41) is 0. The third-order valence-corrected chi connectivity index (χ3v) is 4.01. The van der Waals surface area contributed by atoms with E-state index < -0.39 is 0 Å². The molecule has 0 amide bonds. The van der Waals surface area contributed by atoms with Gasteiger partial charge in [-0.1, -0.05) is 30.3 Å². The predicted octanol–water partition coefficient (Wildman–Crippen LogP) is 3.34. The van der Waals surface area contributed by atoms with Crippen molar-refractivity contribution in [1.82, 2.24) is 4.90 Å². The molecule has 4 nitrogen and oxygen atoms in total. The molecule has 0 bridgehead atoms. The normalized spacial score (nSPS) is 13.6. The second-order valence-corrected chi connectivity index (χ2v) is 5.85. The van der Waals surface area contributed by atoms with Gasteiger partial charge < -0.3 is 14.2 Å². The minimum absolute atomic E-state index is 0.211. The van der Waals surface area contributed by atoms with Gasteiger partial charge in [0.15, 0.2) is 6.79 Å². The molecule has 128 valence electrons. The van der Waals surface area contributed by atoms with Crippen LogP contribution in [0.1, 0.15) is 16.7 Å². The number of fused-ring (bicyclic) bond motifs is 1. The number of rotatable bonds is 7. The summed E-state index contributed by atoms with van der Waals surface area (Å²) in [7, 11) is 1.69. The summed E-state index contributed by atoms with van der Waals surface area (Å²) in [6.45, 7) is 3.34. The van der Waals surface area contributed by atoms with Gasteiger partial charge in [0.05, 0.1) is 13.2 Å². The molecule has 0 aliphatic carbocycles. The van der Waals surface area contributed by atoms with E-state index in [9.17, 15) is 4.39 Å². The molecule has 5 heteroatoms. The third kappa shape index (κ3) is 4.32. The average molecular weight is 331 g/mol. The summed E-state index contributed by atoms with van der Waals surface area (Å²) >= 11 is 0. The lowest BCUT2D eigenvalue weighted by molar-refractivity contribution is -0.0178. The first-order chi connectivity index (χ1) is 11.8. The first-order valence-corrected chi connectivity index (χ1v) is 8.03. The van der Waals surface area contributed by atoms with E-state index in [2.05, 4.69) is 17.0 Å². The van der Waals surface area contributed by atoms with Crippen LogP contribution in [0.25, 0.3) is 0 Å². The zero-order chi connectivity index (χ0) is 16.8. The quantitative estimate of drug-likeness (QED) is 0.779. The lowest BCUT2D eigenvalue weighted by Crippen LogP contribution is -2.27. The van der Waals surface area contributed by atoms with Crippen LogP contribution in [0.15, 0.2) is 42.5 Å². The summed E-state index contributed by atoms with van der Waals surface area (Å²) in [6.07, 6.45) is 0. The highest BCUT2D eigenvalue weighted by Gasteiger charge is 2.19. The van der Waals surface area contributed by atoms with Crippen LogP contribution in [-0.4, -0.2) is 32.0 Å². The molecule has 0 saturated carbocycles. The smallest absolute Gasteiger partial charge is 0.189 e. The van der Waals surface area contributed by atoms with E-state index in [4.69, 9.17) is 14.2 Å². The molecule has 1 aliphatic heterocycles. The monoisotopic (exact) mass is 331 g/mol. The molecule has 3 rings (SSSR count). The van der Waals surface area contributed by atoms with Crippen molar-refractivity contribution < 1.29 is 18.6 Å². The second-order valence-electron chi connectivity index (χ2n) is 5.85. The van der Waals surface area contributed by atoms with Crippen molar-refractivity contribution >= 4 is 0 Å². The maximum atomic E-state index is 13.9. The Bertz CT molecular complexity index is 663. The minimum Gasteiger partial charge on any atom is -0.467 e. The van der Waals surface area contributed by atoms with E-state index in [1.165, 1.54) is 11.6 Å². The number of ether oxygens (including phenoxy) is 3. The molecule has 0 aromatic heterocycles. The van der Waals surface area contributed by atoms with Gasteiger partial charge in [-0.25, -0.2) is 4.39 Å². The minimum atomic E-state index is -0.260. The zero-order valence-electron chi connectivity index (χ0n) is 13.8. The molecule has 0 N–H and O–H groups in total. The molecule has 0 radical (unpaired) electrons. The Morgan fingerprint density at radius 3 is 2.79 bits per heavy atom. The molecule has 0 atom stereocenters. The van der Waals surface area contributed by atoms with Crippen LogP contribution in [0.2, 0.25) is 0 Å². The van der Waals surface area contributed by atoms with Gasteiger partial charge in [-0.05, 0) is 17.7 Å². The first-order valence-electron chi connectivity index (χ1n) is 8.03. The first kappa shape index (κ1) is 16.9. The molecule has 2 aromatic carbocycles. The lowest BCUT2D eigenvalue weighted by Gasteiger charge is -2.26. The fourth-order valence-corrected chi connectivity index (χ4v) is 2.89. The SMILES string of the molecule is COCCN(Cc1ccccc1)Cc1cc(F)cc2c1OCOC2. The number of hydrogen-bond donors (Lipinski definition) is 0. The number of benzene rings is 2. The van der Waals surface area contributed by atoms with Gasteiger partial charge in [-0.2, -0.15) is 0 Å². The summed E-state index contributed by atoms with van der Waals surface area (Å²) in [5.74, 6) is 0.488. The van der Waals surface area contributed by atoms with Crippen LogP contribution in [-0.2, 0) is 29.2 Å². The Balaban J connectivity index is 1.80. The molecule has 0 spiro atoms. The number of hydrogen-bond acceptors (Lipinski definition) is 4. The Morgan fingerprint density at radius 1 is 1.17 bits per heavy atom. The van der Waals surface area contributed by atoms with Crippen LogP contribution in [0.5, 0.6) is 5.75 Å². The highest BCUT2D eigenvalue weighted by molar-refractivity contribution is 5.42. The Kier molecular flexibility index (Phi) is 5.80. The third-order valence-electron chi connectivity index (χ3n) is 4.01. The number of halogens is 1. The van der Waals surface area contributed by atoms with Crippen molar-refractivity contribution in [2.75, 3.05) is 27.1 Å². The van der Waals surface area contributed by atoms with Crippen LogP contribution in [0.3, 0.4) is 0 Å². The molecular weight excluding hydrogens is 309 g/mol. The van der Waals surface area contributed by atoms with E-state index >= 15 is 0 Å². The van der Waals surface area contributed by atoms with Crippen LogP contribution >= 0.6 is 0 Å². The second kappa shape index (κ2) is 8.24. The molecule has 0 unspecified atom stereocenters. The molecule has 1 aliphatic rings. The largest absolute Gasteiger partial charge is 0.467 e. The summed E-state index contributed by atoms with van der Waals surface area (Å²) in [5.41, 5.74) is 2.83. The van der Waals surface area contributed by atoms with Crippen LogP contribution in [0.4, 0.5) is 4.39 Å². The summed E-state index contributed by atoms with van der Waals surface area (Å²) in [4.78, 5) is 2.23. The standard InChI is InChI=1S/C19H22FNO3/c1-22-8-7-21(11-15-5-3-2-4-6-15)12-16-9-18(20)10-17-13-23-14-24-19(16)17/h2-6,9-10H,7-8,11-14H2,1H3. The van der Waals surface area contributed by atoms with Crippen LogP contribution < -0.4 is 4.74 Å². The van der Waals surface area contributed by atoms with Gasteiger partial charge in [0.2, 0.25) is 0 Å². The van der Waals surface area contributed by atoms with E-state index in [0.717, 1.165) is 30.0 Å². The van der Waals surface area contributed by atoms with Crippen molar-refractivity contribution in [1.29, 1.82) is 0 Å². The highest BCUT2D eigenvalue weighted by atomic mass is 19.1. The van der Waals surface area contributed by atoms with E-state index in [1.54, 1.807) is 13.2 Å². The topological polar surface area (TPSA) is 30.9 Å². The highest BCUT2D eigenvalue weighted by Crippen LogP contribution is 2.30. The van der Waals surface area contributed by atoms with E-state index in [1.807, 2.05) is 18.2 Å². The Hall–Kier alpha value is -1.95. The van der Waals surface area contributed by atoms with E-state index in [0.29, 0.717) is 19.8 Å². The fraction of sp³-hybridized carbons (Fsp3) is 0.368. The Morgan fingerprint density at radius 2 is 2.00 bits per heavy atom. The van der Waals surface area contributed by atoms with Gasteiger partial charge in [0, 0.05) is 37.9 Å². The average Bonchev–Trinajstić information content (AvgIpc) is 2.60. The Labute approximate surface area is 141 Å². The molecule has 0 saturated heterocycles. The van der Waals surface area contributed by atoms with Crippen LogP contribution in [0, 0.1) is 5.82 Å². The fourth-order valence-electron chi connectivity index (χ4n) is 2.89. The lowest BCUT2D eigenvalue weighted by atomic mass is 10.1. The van der Waals surface area contributed by atoms with Crippen molar-refractivity contribution in [3.63, 3.8) is 0 Å². The maximum absolute atomic E-state index is 13.9. The molecule has 24 heavy (non-hydrogen) atoms. The van der Waals surface area contributed by atoms with Gasteiger partial charge >= 0.3 is 0 Å². The zero-order valence-corrected chi connectivity index (χ0v) is 13.8. The van der Waals surface area contributed by atoms with Gasteiger partial charge in [-0.3, -0.25) is 4.90 Å². The summed E-state index contributed by atoms with van der Waals surface area (Å²) in [6, 6.07) is 13.3. The van der Waals surface area contributed by atoms with E-state index in [-0.39, 0.29) is 12.6 Å². The molecule has 2 aromatic rings. The van der Waals surface area contributed by atoms with Gasteiger partial charge in [0.1, 0.15) is 11.6 Å². The van der Waals surface area contributed by atoms with Crippen molar-refractivity contribution in [2.45, 2.75) is 19.7 Å². The van der Waals surface area contributed by atoms with Crippen molar-refractivity contribution in [3.05, 3.63) is 65.0 Å². The molecular formula is C19H22FNO3. The van der Waals surface area contributed by atoms with Crippen molar-refractivity contribution in [3.8, 4) is 5.75 Å². The number of nitrogens with zero attached hydrogens (tertiary/aromatic N) is 1. The molecule has 1 heterocycles.